The minimum absolute atomic E-state index is 0.120. The lowest BCUT2D eigenvalue weighted by Crippen LogP contribution is -2.24. The number of hydrogen-bond donors (Lipinski definition) is 1. The summed E-state index contributed by atoms with van der Waals surface area (Å²) in [5, 5.41) is 3.28. The number of aromatic nitrogens is 1. The van der Waals surface area contributed by atoms with E-state index in [1.54, 1.807) is 12.1 Å². The molecule has 0 bridgehead atoms. The van der Waals surface area contributed by atoms with Crippen LogP contribution in [0.3, 0.4) is 0 Å². The van der Waals surface area contributed by atoms with Crippen LogP contribution >= 0.6 is 34.8 Å². The molecule has 2 aromatic rings. The van der Waals surface area contributed by atoms with Gasteiger partial charge in [-0.3, -0.25) is 4.79 Å². The number of hydrogen-bond acceptors (Lipinski definition) is 5. The van der Waals surface area contributed by atoms with E-state index in [0.717, 1.165) is 5.56 Å². The highest BCUT2D eigenvalue weighted by Gasteiger charge is 2.12. The molecule has 0 aliphatic rings. The quantitative estimate of drug-likeness (QED) is 0.740. The van der Waals surface area contributed by atoms with E-state index in [4.69, 9.17) is 44.3 Å². The molecule has 132 valence electrons. The number of aryl methyl sites for hydroxylation is 1. The van der Waals surface area contributed by atoms with E-state index < -0.39 is 18.5 Å². The van der Waals surface area contributed by atoms with E-state index in [-0.39, 0.29) is 17.4 Å². The maximum atomic E-state index is 11.7. The highest BCUT2D eigenvalue weighted by atomic mass is 35.5. The van der Waals surface area contributed by atoms with Gasteiger partial charge in [-0.25, -0.2) is 9.78 Å². The summed E-state index contributed by atoms with van der Waals surface area (Å²) in [7, 11) is 0. The molecule has 0 radical (unpaired) electrons. The number of carbonyl (C=O) groups is 2. The maximum Gasteiger partial charge on any atom is 0.344 e. The third-order valence-electron chi connectivity index (χ3n) is 2.86. The van der Waals surface area contributed by atoms with Gasteiger partial charge in [0.2, 0.25) is 0 Å². The lowest BCUT2D eigenvalue weighted by Gasteiger charge is -2.09. The number of pyridine rings is 1. The van der Waals surface area contributed by atoms with Gasteiger partial charge in [0.15, 0.2) is 19.0 Å². The number of ether oxygens (including phenoxy) is 2. The average Bonchev–Trinajstić information content (AvgIpc) is 2.56. The number of anilines is 1. The van der Waals surface area contributed by atoms with Crippen molar-refractivity contribution in [2.24, 2.45) is 0 Å². The Morgan fingerprint density at radius 2 is 1.88 bits per heavy atom. The van der Waals surface area contributed by atoms with Crippen LogP contribution in [0.1, 0.15) is 5.56 Å². The monoisotopic (exact) mass is 402 g/mol. The summed E-state index contributed by atoms with van der Waals surface area (Å²) in [5.74, 6) is -0.836. The first-order valence-corrected chi connectivity index (χ1v) is 8.14. The molecule has 0 aliphatic carbocycles. The third-order valence-corrected chi connectivity index (χ3v) is 3.67. The van der Waals surface area contributed by atoms with Gasteiger partial charge >= 0.3 is 5.97 Å². The molecule has 0 spiro atoms. The summed E-state index contributed by atoms with van der Waals surface area (Å²) in [6, 6.07) is 6.59. The van der Waals surface area contributed by atoms with Gasteiger partial charge in [0.1, 0.15) is 5.75 Å². The summed E-state index contributed by atoms with van der Waals surface area (Å²) in [4.78, 5) is 27.3. The van der Waals surface area contributed by atoms with Crippen molar-refractivity contribution in [1.82, 2.24) is 4.98 Å². The normalized spacial score (nSPS) is 10.2. The maximum absolute atomic E-state index is 11.7. The Balaban J connectivity index is 1.79. The van der Waals surface area contributed by atoms with Crippen molar-refractivity contribution >= 4 is 52.5 Å². The van der Waals surface area contributed by atoms with Crippen molar-refractivity contribution < 1.29 is 19.1 Å². The zero-order chi connectivity index (χ0) is 18.4. The molecule has 1 aromatic carbocycles. The van der Waals surface area contributed by atoms with E-state index in [1.807, 2.05) is 13.0 Å². The standard InChI is InChI=1S/C16H13Cl3N2O4/c1-9-2-3-11(18)13(4-9)24-8-15(23)25-7-14(22)21-16-12(19)5-10(17)6-20-16/h2-6H,7-8H2,1H3,(H,20,21,22). The van der Waals surface area contributed by atoms with E-state index >= 15 is 0 Å². The molecular weight excluding hydrogens is 391 g/mol. The molecule has 1 aromatic heterocycles. The summed E-state index contributed by atoms with van der Waals surface area (Å²) in [6.07, 6.45) is 1.33. The Labute approximate surface area is 159 Å². The molecule has 0 unspecified atom stereocenters. The van der Waals surface area contributed by atoms with Gasteiger partial charge in [-0.1, -0.05) is 40.9 Å². The number of rotatable bonds is 6. The van der Waals surface area contributed by atoms with Crippen molar-refractivity contribution in [2.75, 3.05) is 18.5 Å². The first-order chi connectivity index (χ1) is 11.8. The Bertz CT molecular complexity index is 799. The fourth-order valence-corrected chi connectivity index (χ4v) is 2.32. The Kier molecular flexibility index (Phi) is 6.87. The number of amides is 1. The summed E-state index contributed by atoms with van der Waals surface area (Å²) >= 11 is 17.5. The second-order valence-electron chi connectivity index (χ2n) is 4.92. The van der Waals surface area contributed by atoms with Crippen LogP contribution in [0.4, 0.5) is 5.82 Å². The molecule has 1 N–H and O–H groups in total. The van der Waals surface area contributed by atoms with Gasteiger partial charge in [0.25, 0.3) is 5.91 Å². The molecule has 0 saturated carbocycles. The number of carbonyl (C=O) groups excluding carboxylic acids is 2. The van der Waals surface area contributed by atoms with Crippen LogP contribution in [0, 0.1) is 6.92 Å². The second kappa shape index (κ2) is 8.89. The Hall–Kier alpha value is -2.02. The largest absolute Gasteiger partial charge is 0.480 e. The fraction of sp³-hybridized carbons (Fsp3) is 0.188. The topological polar surface area (TPSA) is 77.5 Å². The highest BCUT2D eigenvalue weighted by Crippen LogP contribution is 2.25. The Morgan fingerprint density at radius 1 is 1.12 bits per heavy atom. The molecule has 0 fully saturated rings. The third kappa shape index (κ3) is 6.08. The van der Waals surface area contributed by atoms with Gasteiger partial charge < -0.3 is 14.8 Å². The molecule has 0 aliphatic heterocycles. The van der Waals surface area contributed by atoms with Crippen LogP contribution in [0.15, 0.2) is 30.5 Å². The molecule has 9 heteroatoms. The first-order valence-electron chi connectivity index (χ1n) is 7.00. The molecule has 1 heterocycles. The van der Waals surface area contributed by atoms with Crippen molar-refractivity contribution in [3.05, 3.63) is 51.1 Å². The van der Waals surface area contributed by atoms with Crippen LogP contribution < -0.4 is 10.1 Å². The molecule has 1 amide bonds. The smallest absolute Gasteiger partial charge is 0.344 e. The van der Waals surface area contributed by atoms with E-state index in [1.165, 1.54) is 12.3 Å². The second-order valence-corrected chi connectivity index (χ2v) is 6.17. The predicted octanol–water partition coefficient (Wildman–Crippen LogP) is 3.91. The summed E-state index contributed by atoms with van der Waals surface area (Å²) in [5.41, 5.74) is 0.930. The van der Waals surface area contributed by atoms with Crippen molar-refractivity contribution in [3.8, 4) is 5.75 Å². The molecule has 0 atom stereocenters. The van der Waals surface area contributed by atoms with Gasteiger partial charge in [-0.05, 0) is 30.7 Å². The van der Waals surface area contributed by atoms with Crippen LogP contribution in [0.5, 0.6) is 5.75 Å². The van der Waals surface area contributed by atoms with Crippen LogP contribution in [0.2, 0.25) is 15.1 Å². The van der Waals surface area contributed by atoms with Crippen LogP contribution in [0.25, 0.3) is 0 Å². The van der Waals surface area contributed by atoms with Gasteiger partial charge in [-0.15, -0.1) is 0 Å². The van der Waals surface area contributed by atoms with Crippen LogP contribution in [-0.2, 0) is 14.3 Å². The summed E-state index contributed by atoms with van der Waals surface area (Å²) in [6.45, 7) is 0.975. The van der Waals surface area contributed by atoms with Crippen molar-refractivity contribution in [3.63, 3.8) is 0 Å². The predicted molar refractivity (Wildman–Crippen MR) is 95.5 cm³/mol. The lowest BCUT2D eigenvalue weighted by atomic mass is 10.2. The number of benzene rings is 1. The first kappa shape index (κ1) is 19.3. The number of halogens is 3. The number of esters is 1. The van der Waals surface area contributed by atoms with Gasteiger partial charge in [-0.2, -0.15) is 0 Å². The van der Waals surface area contributed by atoms with E-state index in [2.05, 4.69) is 10.3 Å². The lowest BCUT2D eigenvalue weighted by molar-refractivity contribution is -0.149. The molecule has 2 rings (SSSR count). The Morgan fingerprint density at radius 3 is 2.60 bits per heavy atom. The number of nitrogens with one attached hydrogen (secondary N) is 1. The van der Waals surface area contributed by atoms with Gasteiger partial charge in [0, 0.05) is 6.20 Å². The van der Waals surface area contributed by atoms with Crippen molar-refractivity contribution in [2.45, 2.75) is 6.92 Å². The van der Waals surface area contributed by atoms with Gasteiger partial charge in [0.05, 0.1) is 15.1 Å². The minimum Gasteiger partial charge on any atom is -0.480 e. The molecular formula is C16H13Cl3N2O4. The van der Waals surface area contributed by atoms with Crippen molar-refractivity contribution in [1.29, 1.82) is 0 Å². The highest BCUT2D eigenvalue weighted by molar-refractivity contribution is 6.36. The van der Waals surface area contributed by atoms with Crippen LogP contribution in [-0.4, -0.2) is 30.1 Å². The number of nitrogens with zero attached hydrogens (tertiary/aromatic N) is 1. The molecule has 6 nitrogen and oxygen atoms in total. The SMILES string of the molecule is Cc1ccc(Cl)c(OCC(=O)OCC(=O)Nc2ncc(Cl)cc2Cl)c1. The molecule has 0 saturated heterocycles. The average molecular weight is 404 g/mol. The molecule has 25 heavy (non-hydrogen) atoms. The van der Waals surface area contributed by atoms with E-state index in [0.29, 0.717) is 15.8 Å². The zero-order valence-corrected chi connectivity index (χ0v) is 15.3. The zero-order valence-electron chi connectivity index (χ0n) is 13.0. The fourth-order valence-electron chi connectivity index (χ4n) is 1.72. The summed E-state index contributed by atoms with van der Waals surface area (Å²) < 4.78 is 10.1. The van der Waals surface area contributed by atoms with E-state index in [9.17, 15) is 9.59 Å². The minimum atomic E-state index is -0.720.